The third kappa shape index (κ3) is 4.31. The van der Waals surface area contributed by atoms with Crippen LogP contribution in [0.5, 0.6) is 11.5 Å². The maximum absolute atomic E-state index is 13.1. The predicted octanol–water partition coefficient (Wildman–Crippen LogP) is 4.26. The van der Waals surface area contributed by atoms with E-state index in [2.05, 4.69) is 19.2 Å². The average molecular weight is 277 g/mol. The van der Waals surface area contributed by atoms with E-state index in [0.717, 1.165) is 23.8 Å². The fourth-order valence-corrected chi connectivity index (χ4v) is 1.76. The number of rotatable bonds is 5. The summed E-state index contributed by atoms with van der Waals surface area (Å²) in [4.78, 5) is 0. The highest BCUT2D eigenvalue weighted by atomic mass is 19.1. The Bertz CT molecular complexity index is 564. The van der Waals surface area contributed by atoms with E-state index in [1.165, 1.54) is 0 Å². The SMILES string of the molecule is CC(C)NCc1cccc(Oc2cc(F)cc(F)c2)c1. The zero-order valence-corrected chi connectivity index (χ0v) is 11.5. The smallest absolute Gasteiger partial charge is 0.133 e. The number of hydrogen-bond acceptors (Lipinski definition) is 2. The van der Waals surface area contributed by atoms with E-state index in [1.54, 1.807) is 6.07 Å². The lowest BCUT2D eigenvalue weighted by Gasteiger charge is -2.10. The summed E-state index contributed by atoms with van der Waals surface area (Å²) >= 11 is 0. The van der Waals surface area contributed by atoms with Crippen molar-refractivity contribution in [1.29, 1.82) is 0 Å². The molecule has 0 aliphatic heterocycles. The highest BCUT2D eigenvalue weighted by Crippen LogP contribution is 2.24. The summed E-state index contributed by atoms with van der Waals surface area (Å²) in [6, 6.07) is 10.9. The summed E-state index contributed by atoms with van der Waals surface area (Å²) in [5.74, 6) is -0.607. The largest absolute Gasteiger partial charge is 0.457 e. The molecule has 0 atom stereocenters. The average Bonchev–Trinajstić information content (AvgIpc) is 2.35. The summed E-state index contributed by atoms with van der Waals surface area (Å²) in [5, 5.41) is 3.30. The molecule has 0 saturated heterocycles. The Kier molecular flexibility index (Phi) is 4.69. The van der Waals surface area contributed by atoms with Crippen molar-refractivity contribution in [3.63, 3.8) is 0 Å². The van der Waals surface area contributed by atoms with Crippen molar-refractivity contribution < 1.29 is 13.5 Å². The highest BCUT2D eigenvalue weighted by Gasteiger charge is 2.04. The van der Waals surface area contributed by atoms with Crippen LogP contribution in [0.25, 0.3) is 0 Å². The van der Waals surface area contributed by atoms with Crippen LogP contribution in [-0.4, -0.2) is 6.04 Å². The van der Waals surface area contributed by atoms with Crippen molar-refractivity contribution in [2.24, 2.45) is 0 Å². The minimum Gasteiger partial charge on any atom is -0.457 e. The molecule has 0 spiro atoms. The van der Waals surface area contributed by atoms with Crippen LogP contribution in [0.15, 0.2) is 42.5 Å². The van der Waals surface area contributed by atoms with Crippen molar-refractivity contribution in [1.82, 2.24) is 5.32 Å². The Morgan fingerprint density at radius 3 is 2.35 bits per heavy atom. The van der Waals surface area contributed by atoms with Crippen molar-refractivity contribution in [3.8, 4) is 11.5 Å². The van der Waals surface area contributed by atoms with Gasteiger partial charge in [-0.15, -0.1) is 0 Å². The molecule has 2 nitrogen and oxygen atoms in total. The minimum absolute atomic E-state index is 0.150. The van der Waals surface area contributed by atoms with E-state index in [0.29, 0.717) is 18.3 Å². The molecule has 2 rings (SSSR count). The van der Waals surface area contributed by atoms with Crippen LogP contribution in [0.3, 0.4) is 0 Å². The second kappa shape index (κ2) is 6.48. The topological polar surface area (TPSA) is 21.3 Å². The Balaban J connectivity index is 2.11. The fraction of sp³-hybridized carbons (Fsp3) is 0.250. The summed E-state index contributed by atoms with van der Waals surface area (Å²) in [6.45, 7) is 4.85. The summed E-state index contributed by atoms with van der Waals surface area (Å²) in [5.41, 5.74) is 1.05. The van der Waals surface area contributed by atoms with Crippen LogP contribution < -0.4 is 10.1 Å². The summed E-state index contributed by atoms with van der Waals surface area (Å²) in [7, 11) is 0. The summed E-state index contributed by atoms with van der Waals surface area (Å²) < 4.78 is 31.7. The third-order valence-electron chi connectivity index (χ3n) is 2.68. The molecule has 0 heterocycles. The van der Waals surface area contributed by atoms with E-state index in [9.17, 15) is 8.78 Å². The lowest BCUT2D eigenvalue weighted by Crippen LogP contribution is -2.21. The van der Waals surface area contributed by atoms with E-state index in [-0.39, 0.29) is 5.75 Å². The molecule has 0 aliphatic carbocycles. The van der Waals surface area contributed by atoms with Gasteiger partial charge in [-0.25, -0.2) is 8.78 Å². The molecule has 0 saturated carbocycles. The molecule has 0 bridgehead atoms. The number of halogens is 2. The molecular weight excluding hydrogens is 260 g/mol. The first-order valence-corrected chi connectivity index (χ1v) is 6.49. The van der Waals surface area contributed by atoms with Crippen molar-refractivity contribution >= 4 is 0 Å². The minimum atomic E-state index is -0.655. The van der Waals surface area contributed by atoms with Crippen LogP contribution in [-0.2, 0) is 6.54 Å². The van der Waals surface area contributed by atoms with Crippen LogP contribution in [0.4, 0.5) is 8.78 Å². The van der Waals surface area contributed by atoms with E-state index < -0.39 is 11.6 Å². The Hall–Kier alpha value is -1.94. The van der Waals surface area contributed by atoms with Crippen molar-refractivity contribution in [2.75, 3.05) is 0 Å². The monoisotopic (exact) mass is 277 g/mol. The van der Waals surface area contributed by atoms with Gasteiger partial charge >= 0.3 is 0 Å². The van der Waals surface area contributed by atoms with Gasteiger partial charge in [0.2, 0.25) is 0 Å². The van der Waals surface area contributed by atoms with E-state index in [4.69, 9.17) is 4.74 Å². The molecular formula is C16H17F2NO. The quantitative estimate of drug-likeness (QED) is 0.882. The fourth-order valence-electron chi connectivity index (χ4n) is 1.76. The van der Waals surface area contributed by atoms with Gasteiger partial charge in [0.05, 0.1) is 0 Å². The predicted molar refractivity (Wildman–Crippen MR) is 74.8 cm³/mol. The normalized spacial score (nSPS) is 10.8. The molecule has 0 aromatic heterocycles. The number of benzene rings is 2. The molecule has 1 N–H and O–H groups in total. The Morgan fingerprint density at radius 2 is 1.70 bits per heavy atom. The molecule has 2 aromatic rings. The molecule has 4 heteroatoms. The maximum atomic E-state index is 13.1. The standard InChI is InChI=1S/C16H17F2NO/c1-11(2)19-10-12-4-3-5-15(6-12)20-16-8-13(17)7-14(18)9-16/h3-9,11,19H,10H2,1-2H3. The van der Waals surface area contributed by atoms with Crippen molar-refractivity contribution in [3.05, 3.63) is 59.7 Å². The van der Waals surface area contributed by atoms with Gasteiger partial charge in [-0.1, -0.05) is 26.0 Å². The van der Waals surface area contributed by atoms with Gasteiger partial charge in [0.1, 0.15) is 23.1 Å². The highest BCUT2D eigenvalue weighted by molar-refractivity contribution is 5.34. The first-order valence-electron chi connectivity index (χ1n) is 6.49. The second-order valence-electron chi connectivity index (χ2n) is 4.89. The van der Waals surface area contributed by atoms with Gasteiger partial charge < -0.3 is 10.1 Å². The van der Waals surface area contributed by atoms with Gasteiger partial charge in [-0.05, 0) is 17.7 Å². The first kappa shape index (κ1) is 14.5. The van der Waals surface area contributed by atoms with Crippen LogP contribution in [0.2, 0.25) is 0 Å². The molecule has 0 aliphatic rings. The van der Waals surface area contributed by atoms with Gasteiger partial charge in [-0.2, -0.15) is 0 Å². The summed E-state index contributed by atoms with van der Waals surface area (Å²) in [6.07, 6.45) is 0. The zero-order valence-electron chi connectivity index (χ0n) is 11.5. The lowest BCUT2D eigenvalue weighted by atomic mass is 10.2. The second-order valence-corrected chi connectivity index (χ2v) is 4.89. The number of hydrogen-bond donors (Lipinski definition) is 1. The first-order chi connectivity index (χ1) is 9.52. The van der Waals surface area contributed by atoms with Crippen LogP contribution in [0.1, 0.15) is 19.4 Å². The van der Waals surface area contributed by atoms with Gasteiger partial charge in [0.25, 0.3) is 0 Å². The van der Waals surface area contributed by atoms with Gasteiger partial charge in [-0.3, -0.25) is 0 Å². The zero-order chi connectivity index (χ0) is 14.5. The van der Waals surface area contributed by atoms with E-state index in [1.807, 2.05) is 18.2 Å². The number of nitrogens with one attached hydrogen (secondary N) is 1. The Labute approximate surface area is 117 Å². The Morgan fingerprint density at radius 1 is 1.00 bits per heavy atom. The molecule has 0 radical (unpaired) electrons. The molecule has 0 fully saturated rings. The third-order valence-corrected chi connectivity index (χ3v) is 2.68. The van der Waals surface area contributed by atoms with Gasteiger partial charge in [0, 0.05) is 30.8 Å². The molecule has 106 valence electrons. The molecule has 2 aromatic carbocycles. The molecule has 0 unspecified atom stereocenters. The van der Waals surface area contributed by atoms with Crippen LogP contribution >= 0.6 is 0 Å². The van der Waals surface area contributed by atoms with Crippen LogP contribution in [0, 0.1) is 11.6 Å². The van der Waals surface area contributed by atoms with E-state index >= 15 is 0 Å². The molecule has 20 heavy (non-hydrogen) atoms. The molecule has 0 amide bonds. The maximum Gasteiger partial charge on any atom is 0.133 e. The number of ether oxygens (including phenoxy) is 1. The lowest BCUT2D eigenvalue weighted by molar-refractivity contribution is 0.467. The van der Waals surface area contributed by atoms with Crippen molar-refractivity contribution in [2.45, 2.75) is 26.4 Å². The van der Waals surface area contributed by atoms with Gasteiger partial charge in [0.15, 0.2) is 0 Å².